The fourth-order valence-electron chi connectivity index (χ4n) is 9.67. The number of carbonyl (C=O) groups is 6. The number of allylic oxidation sites excluding steroid dienone is 1. The first-order valence-corrected chi connectivity index (χ1v) is 24.5. The normalized spacial score (nSPS) is 22.6. The Balaban J connectivity index is 1.03. The quantitative estimate of drug-likeness (QED) is 0.114. The van der Waals surface area contributed by atoms with Crippen molar-refractivity contribution in [3.8, 4) is 11.8 Å². The van der Waals surface area contributed by atoms with Crippen LogP contribution in [0.4, 0.5) is 0 Å². The highest BCUT2D eigenvalue weighted by atomic mass is 16.5. The number of hydrogen-bond donors (Lipinski definition) is 6. The van der Waals surface area contributed by atoms with Gasteiger partial charge in [0.05, 0.1) is 43.0 Å². The average Bonchev–Trinajstić information content (AvgIpc) is 4.06. The lowest BCUT2D eigenvalue weighted by Gasteiger charge is -2.33. The fraction of sp³-hybridized carbons (Fsp3) is 0.577. The second-order valence-electron chi connectivity index (χ2n) is 18.5. The molecule has 0 saturated carbocycles. The van der Waals surface area contributed by atoms with Crippen molar-refractivity contribution in [3.05, 3.63) is 82.9 Å². The Bertz CT molecular complexity index is 2190. The van der Waals surface area contributed by atoms with E-state index in [1.165, 1.54) is 11.1 Å². The highest BCUT2D eigenvalue weighted by Gasteiger charge is 2.42. The molecule has 16 nitrogen and oxygen atoms in total. The van der Waals surface area contributed by atoms with E-state index in [0.717, 1.165) is 49.7 Å². The molecule has 6 N–H and O–H groups in total. The van der Waals surface area contributed by atoms with E-state index in [4.69, 9.17) is 9.47 Å². The summed E-state index contributed by atoms with van der Waals surface area (Å²) in [5.41, 5.74) is 4.70. The maximum absolute atomic E-state index is 14.2. The summed E-state index contributed by atoms with van der Waals surface area (Å²) >= 11 is 0. The average molecular weight is 937 g/mol. The number of amides is 6. The molecule has 6 amide bonds. The molecule has 0 radical (unpaired) electrons. The molecule has 6 rings (SSSR count). The summed E-state index contributed by atoms with van der Waals surface area (Å²) in [6.45, 7) is 7.59. The number of nitrogens with one attached hydrogen (secondary N) is 6. The topological polar surface area (TPSA) is 200 Å². The molecule has 2 saturated heterocycles. The van der Waals surface area contributed by atoms with Gasteiger partial charge in [0.1, 0.15) is 30.8 Å². The summed E-state index contributed by atoms with van der Waals surface area (Å²) in [4.78, 5) is 85.4. The van der Waals surface area contributed by atoms with E-state index in [0.29, 0.717) is 38.8 Å². The maximum atomic E-state index is 14.2. The van der Waals surface area contributed by atoms with E-state index in [9.17, 15) is 28.8 Å². The van der Waals surface area contributed by atoms with Crippen molar-refractivity contribution in [2.75, 3.05) is 40.4 Å². The predicted octanol–water partition coefficient (Wildman–Crippen LogP) is 2.91. The molecule has 10 atom stereocenters. The smallest absolute Gasteiger partial charge is 0.248 e. The van der Waals surface area contributed by atoms with Crippen LogP contribution in [0.15, 0.2) is 60.7 Å². The Morgan fingerprint density at radius 1 is 0.647 bits per heavy atom. The molecule has 1 unspecified atom stereocenters. The van der Waals surface area contributed by atoms with E-state index in [-0.39, 0.29) is 54.8 Å². The first-order valence-electron chi connectivity index (χ1n) is 24.5. The highest BCUT2D eigenvalue weighted by Crippen LogP contribution is 2.32. The van der Waals surface area contributed by atoms with Crippen LogP contribution >= 0.6 is 0 Å². The molecule has 0 spiro atoms. The summed E-state index contributed by atoms with van der Waals surface area (Å²) in [5, 5.41) is 18.0. The monoisotopic (exact) mass is 937 g/mol. The SMILES string of the molecule is CN[C@@H](C)C(=O)N[C@H](C(=O)N1CCC[C@H]1C(=O)NC1CCCc2ccccc21)[C@@H](C)OC/C=C/C#CCO[C@H](C)[C@H](NC(=O)[C@H](C)NC)C(=O)N1CCC[C@H]1C(=O)N[C@@H]1CCCc2ccccc21. The van der Waals surface area contributed by atoms with Crippen LogP contribution in [-0.4, -0.2) is 134 Å². The third-order valence-electron chi connectivity index (χ3n) is 13.9. The van der Waals surface area contributed by atoms with Crippen LogP contribution in [0.25, 0.3) is 0 Å². The molecule has 0 aromatic heterocycles. The van der Waals surface area contributed by atoms with Crippen molar-refractivity contribution in [3.63, 3.8) is 0 Å². The Kier molecular flexibility index (Phi) is 19.1. The molecule has 4 aliphatic rings. The van der Waals surface area contributed by atoms with E-state index < -0.39 is 54.4 Å². The molecule has 2 aromatic rings. The molecule has 2 fully saturated rings. The zero-order valence-electron chi connectivity index (χ0n) is 40.6. The number of rotatable bonds is 19. The Morgan fingerprint density at radius 3 is 1.57 bits per heavy atom. The van der Waals surface area contributed by atoms with E-state index in [2.05, 4.69) is 68.0 Å². The van der Waals surface area contributed by atoms with Gasteiger partial charge in [0.2, 0.25) is 35.4 Å². The molecule has 2 aliphatic carbocycles. The Morgan fingerprint density at radius 2 is 1.10 bits per heavy atom. The molecular formula is C52H72N8O8. The van der Waals surface area contributed by atoms with Crippen molar-refractivity contribution in [2.24, 2.45) is 0 Å². The second kappa shape index (κ2) is 25.1. The van der Waals surface area contributed by atoms with Gasteiger partial charge in [0.15, 0.2) is 0 Å². The molecule has 2 aromatic carbocycles. The van der Waals surface area contributed by atoms with E-state index in [1.807, 2.05) is 24.3 Å². The summed E-state index contributed by atoms with van der Waals surface area (Å²) in [5.74, 6) is 3.90. The zero-order chi connectivity index (χ0) is 48.7. The first-order chi connectivity index (χ1) is 32.8. The van der Waals surface area contributed by atoms with Crippen LogP contribution in [0.2, 0.25) is 0 Å². The number of fused-ring (bicyclic) bond motifs is 2. The van der Waals surface area contributed by atoms with Gasteiger partial charge in [-0.1, -0.05) is 66.4 Å². The highest BCUT2D eigenvalue weighted by molar-refractivity contribution is 5.95. The van der Waals surface area contributed by atoms with Crippen molar-refractivity contribution in [1.82, 2.24) is 41.7 Å². The number of aryl methyl sites for hydroxylation is 2. The number of hydrogen-bond acceptors (Lipinski definition) is 10. The summed E-state index contributed by atoms with van der Waals surface area (Å²) in [6, 6.07) is 11.4. The van der Waals surface area contributed by atoms with Gasteiger partial charge in [-0.2, -0.15) is 0 Å². The Hall–Kier alpha value is -5.60. The molecule has 0 bridgehead atoms. The molecule has 16 heteroatoms. The molecule has 368 valence electrons. The molecular weight excluding hydrogens is 865 g/mol. The fourth-order valence-corrected chi connectivity index (χ4v) is 9.67. The predicted molar refractivity (Wildman–Crippen MR) is 259 cm³/mol. The van der Waals surface area contributed by atoms with Gasteiger partial charge >= 0.3 is 0 Å². The molecule has 2 aliphatic heterocycles. The summed E-state index contributed by atoms with van der Waals surface area (Å²) < 4.78 is 12.1. The third kappa shape index (κ3) is 13.1. The maximum Gasteiger partial charge on any atom is 0.248 e. The van der Waals surface area contributed by atoms with Gasteiger partial charge in [-0.05, 0) is 134 Å². The van der Waals surface area contributed by atoms with Crippen LogP contribution in [-0.2, 0) is 51.1 Å². The molecule has 2 heterocycles. The minimum absolute atomic E-state index is 0.0565. The second-order valence-corrected chi connectivity index (χ2v) is 18.5. The number of benzene rings is 2. The molecule has 68 heavy (non-hydrogen) atoms. The van der Waals surface area contributed by atoms with Crippen LogP contribution in [0.5, 0.6) is 0 Å². The van der Waals surface area contributed by atoms with Gasteiger partial charge in [-0.25, -0.2) is 0 Å². The standard InChI is InChI=1S/C52H72N8O8/c1-33(53-5)47(61)57-45(51(65)59-29-17-27-43(59)49(63)55-41-25-15-21-37-19-9-11-23-39(37)41)35(3)67-31-13-7-8-14-32-68-36(4)46(58-48(62)34(2)54-6)52(66)60-30-18-28-44(60)50(64)56-42-26-16-22-38-20-10-12-24-40(38)42/h7,9-13,19-20,23-24,33-36,41-46,53-54H,15-18,21-22,25-32H2,1-6H3,(H,55,63)(H,56,64)(H,57,61)(H,58,62)/b13-7+/t33-,34-,35+,36+,41?,42+,43-,44-,45-,46-/m0/s1. The van der Waals surface area contributed by atoms with Gasteiger partial charge in [0, 0.05) is 13.1 Å². The van der Waals surface area contributed by atoms with E-state index >= 15 is 0 Å². The van der Waals surface area contributed by atoms with Gasteiger partial charge in [-0.15, -0.1) is 0 Å². The van der Waals surface area contributed by atoms with Crippen LogP contribution in [0.3, 0.4) is 0 Å². The van der Waals surface area contributed by atoms with Gasteiger partial charge < -0.3 is 51.2 Å². The Labute approximate surface area is 401 Å². The lowest BCUT2D eigenvalue weighted by atomic mass is 9.87. The number of likely N-dealkylation sites (N-methyl/N-ethyl adjacent to an activating group) is 2. The van der Waals surface area contributed by atoms with Crippen LogP contribution < -0.4 is 31.9 Å². The lowest BCUT2D eigenvalue weighted by molar-refractivity contribution is -0.145. The number of ether oxygens (including phenoxy) is 2. The van der Waals surface area contributed by atoms with Crippen molar-refractivity contribution in [2.45, 2.75) is 152 Å². The third-order valence-corrected chi connectivity index (χ3v) is 13.9. The van der Waals surface area contributed by atoms with Crippen LogP contribution in [0, 0.1) is 11.8 Å². The largest absolute Gasteiger partial charge is 0.372 e. The minimum atomic E-state index is -1.07. The number of carbonyl (C=O) groups excluding carboxylic acids is 6. The van der Waals surface area contributed by atoms with E-state index in [1.54, 1.807) is 63.7 Å². The number of likely N-dealkylation sites (tertiary alicyclic amines) is 2. The van der Waals surface area contributed by atoms with Crippen LogP contribution in [0.1, 0.15) is 113 Å². The van der Waals surface area contributed by atoms with Gasteiger partial charge in [-0.3, -0.25) is 28.8 Å². The zero-order valence-corrected chi connectivity index (χ0v) is 40.6. The number of nitrogens with zero attached hydrogens (tertiary/aromatic N) is 2. The van der Waals surface area contributed by atoms with Crippen molar-refractivity contribution >= 4 is 35.4 Å². The van der Waals surface area contributed by atoms with Crippen molar-refractivity contribution in [1.29, 1.82) is 0 Å². The first kappa shape index (κ1) is 51.8. The van der Waals surface area contributed by atoms with Gasteiger partial charge in [0.25, 0.3) is 0 Å². The summed E-state index contributed by atoms with van der Waals surface area (Å²) in [6.07, 6.45) is 9.61. The minimum Gasteiger partial charge on any atom is -0.372 e. The summed E-state index contributed by atoms with van der Waals surface area (Å²) in [7, 11) is 3.32. The van der Waals surface area contributed by atoms with Crippen molar-refractivity contribution < 1.29 is 38.2 Å². The lowest BCUT2D eigenvalue weighted by Crippen LogP contribution is -2.59.